The van der Waals surface area contributed by atoms with Gasteiger partial charge >= 0.3 is 0 Å². The fourth-order valence-electron chi connectivity index (χ4n) is 5.38. The maximum atomic E-state index is 8.55. The first-order chi connectivity index (χ1) is 19.5. The summed E-state index contributed by atoms with van der Waals surface area (Å²) in [4.78, 5) is 2.84. The van der Waals surface area contributed by atoms with Gasteiger partial charge < -0.3 is 23.7 Å². The Morgan fingerprint density at radius 1 is 0.775 bits per heavy atom. The molecule has 0 amide bonds. The molecule has 0 aliphatic carbocycles. The number of hydrogen-bond donors (Lipinski definition) is 0. The van der Waals surface area contributed by atoms with Gasteiger partial charge in [0.05, 0.1) is 25.9 Å². The Morgan fingerprint density at radius 2 is 1.40 bits per heavy atom. The zero-order chi connectivity index (χ0) is 27.8. The quantitative estimate of drug-likeness (QED) is 0.155. The summed E-state index contributed by atoms with van der Waals surface area (Å²) in [5, 5.41) is 3.64. The standard InChI is InChI=1S/C32H37N3O5/c1-32(2)39-30-28(22-36-20-25-9-5-3-6-10-25)38-27(19-24-15-13-23(14-16-24)17-18-34-35-33)29(31(30)40-32)37-21-26-11-7-4-8-12-26/h3-16,27-31H,17-22H2,1-2H3/t27-,28?,29?,30-,31+/m0/s1. The summed E-state index contributed by atoms with van der Waals surface area (Å²) in [6, 6.07) is 28.6. The Morgan fingerprint density at radius 3 is 2.08 bits per heavy atom. The highest BCUT2D eigenvalue weighted by Crippen LogP contribution is 2.40. The Hall–Kier alpha value is -3.23. The van der Waals surface area contributed by atoms with Crippen molar-refractivity contribution in [2.45, 2.75) is 76.2 Å². The van der Waals surface area contributed by atoms with Crippen LogP contribution in [-0.2, 0) is 49.7 Å². The lowest BCUT2D eigenvalue weighted by Crippen LogP contribution is -2.58. The Kier molecular flexibility index (Phi) is 9.49. The van der Waals surface area contributed by atoms with E-state index in [0.29, 0.717) is 39.2 Å². The van der Waals surface area contributed by atoms with Crippen molar-refractivity contribution in [2.75, 3.05) is 13.2 Å². The maximum absolute atomic E-state index is 8.55. The first-order valence-electron chi connectivity index (χ1n) is 13.9. The second-order valence-corrected chi connectivity index (χ2v) is 10.8. The predicted octanol–water partition coefficient (Wildman–Crippen LogP) is 6.17. The molecular weight excluding hydrogens is 506 g/mol. The molecule has 3 aromatic carbocycles. The van der Waals surface area contributed by atoms with Crippen molar-refractivity contribution in [3.8, 4) is 0 Å². The van der Waals surface area contributed by atoms with Crippen molar-refractivity contribution in [1.29, 1.82) is 0 Å². The first kappa shape index (κ1) is 28.3. The number of nitrogens with zero attached hydrogens (tertiary/aromatic N) is 3. The molecule has 2 aliphatic rings. The smallest absolute Gasteiger partial charge is 0.164 e. The molecule has 210 valence electrons. The summed E-state index contributed by atoms with van der Waals surface area (Å²) in [5.74, 6) is -0.757. The summed E-state index contributed by atoms with van der Waals surface area (Å²) in [5.41, 5.74) is 13.0. The minimum atomic E-state index is -0.757. The van der Waals surface area contributed by atoms with Crippen molar-refractivity contribution in [3.63, 3.8) is 0 Å². The monoisotopic (exact) mass is 543 g/mol. The van der Waals surface area contributed by atoms with Crippen molar-refractivity contribution in [1.82, 2.24) is 0 Å². The van der Waals surface area contributed by atoms with Gasteiger partial charge in [0.1, 0.15) is 24.4 Å². The maximum Gasteiger partial charge on any atom is 0.164 e. The van der Waals surface area contributed by atoms with E-state index in [-0.39, 0.29) is 30.5 Å². The molecule has 8 nitrogen and oxygen atoms in total. The highest BCUT2D eigenvalue weighted by molar-refractivity contribution is 5.24. The molecule has 2 fully saturated rings. The van der Waals surface area contributed by atoms with Gasteiger partial charge in [-0.3, -0.25) is 0 Å². The van der Waals surface area contributed by atoms with E-state index in [1.165, 1.54) is 0 Å². The van der Waals surface area contributed by atoms with E-state index < -0.39 is 5.79 Å². The lowest BCUT2D eigenvalue weighted by Gasteiger charge is -2.42. The molecule has 3 aromatic rings. The summed E-state index contributed by atoms with van der Waals surface area (Å²) < 4.78 is 32.3. The average Bonchev–Trinajstić information content (AvgIpc) is 3.30. The average molecular weight is 544 g/mol. The molecule has 0 N–H and O–H groups in total. The molecule has 2 saturated heterocycles. The van der Waals surface area contributed by atoms with E-state index in [2.05, 4.69) is 58.6 Å². The van der Waals surface area contributed by atoms with Gasteiger partial charge in [-0.25, -0.2) is 0 Å². The Balaban J connectivity index is 1.33. The normalized spacial score (nSPS) is 25.2. The molecule has 0 radical (unpaired) electrons. The van der Waals surface area contributed by atoms with Gasteiger partial charge in [0.15, 0.2) is 5.79 Å². The van der Waals surface area contributed by atoms with E-state index in [0.717, 1.165) is 22.3 Å². The van der Waals surface area contributed by atoms with E-state index in [1.54, 1.807) is 0 Å². The van der Waals surface area contributed by atoms with Crippen molar-refractivity contribution in [2.24, 2.45) is 5.11 Å². The molecular formula is C32H37N3O5. The molecule has 2 unspecified atom stereocenters. The molecule has 5 atom stereocenters. The predicted molar refractivity (Wildman–Crippen MR) is 151 cm³/mol. The van der Waals surface area contributed by atoms with Crippen LogP contribution in [0.5, 0.6) is 0 Å². The number of ether oxygens (including phenoxy) is 5. The molecule has 5 rings (SSSR count). The van der Waals surface area contributed by atoms with Crippen LogP contribution in [0.15, 0.2) is 90.0 Å². The summed E-state index contributed by atoms with van der Waals surface area (Å²) >= 11 is 0. The van der Waals surface area contributed by atoms with Gasteiger partial charge in [-0.15, -0.1) is 0 Å². The minimum Gasteiger partial charge on any atom is -0.374 e. The molecule has 40 heavy (non-hydrogen) atoms. The van der Waals surface area contributed by atoms with E-state index in [4.69, 9.17) is 29.2 Å². The van der Waals surface area contributed by atoms with Crippen molar-refractivity contribution >= 4 is 0 Å². The lowest BCUT2D eigenvalue weighted by molar-refractivity contribution is -0.217. The van der Waals surface area contributed by atoms with E-state index >= 15 is 0 Å². The zero-order valence-electron chi connectivity index (χ0n) is 23.1. The van der Waals surface area contributed by atoms with Crippen LogP contribution >= 0.6 is 0 Å². The van der Waals surface area contributed by atoms with Crippen LogP contribution in [0.4, 0.5) is 0 Å². The van der Waals surface area contributed by atoms with Crippen LogP contribution in [0.2, 0.25) is 0 Å². The van der Waals surface area contributed by atoms with Crippen LogP contribution in [0.3, 0.4) is 0 Å². The number of azide groups is 1. The zero-order valence-corrected chi connectivity index (χ0v) is 23.1. The van der Waals surface area contributed by atoms with Gasteiger partial charge in [-0.2, -0.15) is 0 Å². The van der Waals surface area contributed by atoms with E-state index in [1.807, 2.05) is 50.2 Å². The topological polar surface area (TPSA) is 94.9 Å². The Labute approximate surface area is 235 Å². The molecule has 2 heterocycles. The number of rotatable bonds is 12. The van der Waals surface area contributed by atoms with Gasteiger partial charge in [0.25, 0.3) is 0 Å². The van der Waals surface area contributed by atoms with E-state index in [9.17, 15) is 0 Å². The second kappa shape index (κ2) is 13.4. The van der Waals surface area contributed by atoms with Crippen molar-refractivity contribution in [3.05, 3.63) is 118 Å². The fraction of sp³-hybridized carbons (Fsp3) is 0.438. The SMILES string of the molecule is CC1(C)O[C@@H]2C(OCc3ccccc3)[C@H](Cc3ccc(CCN=[N+]=[N-])cc3)OC(COCc3ccccc3)[C@@H]2O1. The number of benzene rings is 3. The lowest BCUT2D eigenvalue weighted by atomic mass is 9.91. The highest BCUT2D eigenvalue weighted by Gasteiger charge is 2.55. The van der Waals surface area contributed by atoms with Gasteiger partial charge in [-0.05, 0) is 48.1 Å². The van der Waals surface area contributed by atoms with Crippen LogP contribution in [-0.4, -0.2) is 49.5 Å². The van der Waals surface area contributed by atoms with Gasteiger partial charge in [0, 0.05) is 17.9 Å². The number of fused-ring (bicyclic) bond motifs is 1. The largest absolute Gasteiger partial charge is 0.374 e. The Bertz CT molecular complexity index is 1250. The van der Waals surface area contributed by atoms with Gasteiger partial charge in [-0.1, -0.05) is 90.0 Å². The molecule has 8 heteroatoms. The molecule has 0 bridgehead atoms. The summed E-state index contributed by atoms with van der Waals surface area (Å²) in [6.07, 6.45) is -0.156. The second-order valence-electron chi connectivity index (χ2n) is 10.8. The summed E-state index contributed by atoms with van der Waals surface area (Å²) in [6.45, 7) is 5.65. The fourth-order valence-corrected chi connectivity index (χ4v) is 5.38. The molecule has 0 aromatic heterocycles. The van der Waals surface area contributed by atoms with Crippen LogP contribution < -0.4 is 0 Å². The van der Waals surface area contributed by atoms with Gasteiger partial charge in [0.2, 0.25) is 0 Å². The first-order valence-corrected chi connectivity index (χ1v) is 13.9. The third-order valence-corrected chi connectivity index (χ3v) is 7.27. The van der Waals surface area contributed by atoms with Crippen LogP contribution in [0.1, 0.15) is 36.1 Å². The third kappa shape index (κ3) is 7.49. The summed E-state index contributed by atoms with van der Waals surface area (Å²) in [7, 11) is 0. The minimum absolute atomic E-state index is 0.262. The van der Waals surface area contributed by atoms with Crippen LogP contribution in [0.25, 0.3) is 10.4 Å². The number of hydrogen-bond acceptors (Lipinski definition) is 6. The molecule has 0 saturated carbocycles. The highest BCUT2D eigenvalue weighted by atomic mass is 16.8. The van der Waals surface area contributed by atoms with Crippen LogP contribution in [0, 0.1) is 0 Å². The molecule has 0 spiro atoms. The third-order valence-electron chi connectivity index (χ3n) is 7.27. The molecule has 2 aliphatic heterocycles. The van der Waals surface area contributed by atoms with Crippen molar-refractivity contribution < 1.29 is 23.7 Å².